The van der Waals surface area contributed by atoms with Crippen molar-refractivity contribution in [2.75, 3.05) is 6.61 Å². The Morgan fingerprint density at radius 2 is 1.90 bits per heavy atom. The molecule has 20 heavy (non-hydrogen) atoms. The molecule has 0 radical (unpaired) electrons. The van der Waals surface area contributed by atoms with Crippen LogP contribution in [0.2, 0.25) is 5.28 Å². The molecule has 1 aromatic heterocycles. The lowest BCUT2D eigenvalue weighted by Gasteiger charge is -2.08. The first kappa shape index (κ1) is 14.3. The molecule has 2 rings (SSSR count). The molecule has 0 aliphatic rings. The van der Waals surface area contributed by atoms with E-state index in [9.17, 15) is 0 Å². The van der Waals surface area contributed by atoms with E-state index in [0.717, 1.165) is 5.56 Å². The summed E-state index contributed by atoms with van der Waals surface area (Å²) in [7, 11) is 0. The van der Waals surface area contributed by atoms with Crippen molar-refractivity contribution in [3.63, 3.8) is 0 Å². The SMILES string of the molecule is CC=Cc1ccccc1Oc1nc(Cl)nc(OCC)n1. The largest absolute Gasteiger partial charge is 0.464 e. The second kappa shape index (κ2) is 6.86. The first-order chi connectivity index (χ1) is 9.72. The Hall–Kier alpha value is -2.14. The van der Waals surface area contributed by atoms with E-state index in [-0.39, 0.29) is 17.3 Å². The number of aromatic nitrogens is 3. The maximum absolute atomic E-state index is 5.82. The zero-order valence-electron chi connectivity index (χ0n) is 11.2. The van der Waals surface area contributed by atoms with Crippen molar-refractivity contribution in [3.8, 4) is 17.8 Å². The fraction of sp³-hybridized carbons (Fsp3) is 0.214. The predicted molar refractivity (Wildman–Crippen MR) is 77.2 cm³/mol. The third kappa shape index (κ3) is 3.68. The second-order valence-electron chi connectivity index (χ2n) is 3.74. The monoisotopic (exact) mass is 291 g/mol. The lowest BCUT2D eigenvalue weighted by molar-refractivity contribution is 0.303. The number of benzene rings is 1. The molecule has 6 heteroatoms. The Balaban J connectivity index is 2.30. The third-order valence-electron chi connectivity index (χ3n) is 2.31. The normalized spacial score (nSPS) is 10.8. The molecule has 0 bridgehead atoms. The molecule has 0 N–H and O–H groups in total. The highest BCUT2D eigenvalue weighted by atomic mass is 35.5. The van der Waals surface area contributed by atoms with E-state index >= 15 is 0 Å². The smallest absolute Gasteiger partial charge is 0.329 e. The van der Waals surface area contributed by atoms with Gasteiger partial charge in [-0.3, -0.25) is 0 Å². The van der Waals surface area contributed by atoms with E-state index < -0.39 is 0 Å². The molecule has 0 atom stereocenters. The van der Waals surface area contributed by atoms with Gasteiger partial charge in [-0.15, -0.1) is 4.98 Å². The molecule has 0 unspecified atom stereocenters. The van der Waals surface area contributed by atoms with Crippen LogP contribution in [0.5, 0.6) is 17.8 Å². The highest BCUT2D eigenvalue weighted by Gasteiger charge is 2.09. The van der Waals surface area contributed by atoms with E-state index in [2.05, 4.69) is 15.0 Å². The summed E-state index contributed by atoms with van der Waals surface area (Å²) in [5, 5.41) is 0.0296. The number of rotatable bonds is 5. The van der Waals surface area contributed by atoms with E-state index in [4.69, 9.17) is 21.1 Å². The number of para-hydroxylation sites is 1. The lowest BCUT2D eigenvalue weighted by Crippen LogP contribution is -2.01. The number of nitrogens with zero attached hydrogens (tertiary/aromatic N) is 3. The molecule has 104 valence electrons. The molecule has 0 amide bonds. The van der Waals surface area contributed by atoms with Crippen LogP contribution in [0.25, 0.3) is 6.08 Å². The van der Waals surface area contributed by atoms with E-state index in [1.165, 1.54) is 0 Å². The fourth-order valence-corrected chi connectivity index (χ4v) is 1.69. The van der Waals surface area contributed by atoms with Crippen molar-refractivity contribution in [2.45, 2.75) is 13.8 Å². The predicted octanol–water partition coefficient (Wildman–Crippen LogP) is 3.75. The van der Waals surface area contributed by atoms with Gasteiger partial charge in [-0.05, 0) is 31.5 Å². The molecule has 0 fully saturated rings. The van der Waals surface area contributed by atoms with E-state index in [1.54, 1.807) is 0 Å². The van der Waals surface area contributed by atoms with Gasteiger partial charge in [-0.2, -0.15) is 9.97 Å². The van der Waals surface area contributed by atoms with Crippen molar-refractivity contribution in [3.05, 3.63) is 41.2 Å². The van der Waals surface area contributed by atoms with Crippen LogP contribution in [0.4, 0.5) is 0 Å². The highest BCUT2D eigenvalue weighted by molar-refractivity contribution is 6.28. The number of allylic oxidation sites excluding steroid dienone is 1. The van der Waals surface area contributed by atoms with Crippen molar-refractivity contribution >= 4 is 17.7 Å². The number of hydrogen-bond donors (Lipinski definition) is 0. The molecule has 1 heterocycles. The van der Waals surface area contributed by atoms with Crippen LogP contribution in [0.15, 0.2) is 30.3 Å². The van der Waals surface area contributed by atoms with Crippen LogP contribution in [0, 0.1) is 0 Å². The Morgan fingerprint density at radius 3 is 2.65 bits per heavy atom. The maximum atomic E-state index is 5.82. The Kier molecular flexibility index (Phi) is 4.90. The van der Waals surface area contributed by atoms with Crippen molar-refractivity contribution in [2.24, 2.45) is 0 Å². The van der Waals surface area contributed by atoms with Crippen LogP contribution in [0.1, 0.15) is 19.4 Å². The number of ether oxygens (including phenoxy) is 2. The van der Waals surface area contributed by atoms with Crippen LogP contribution in [-0.2, 0) is 0 Å². The summed E-state index contributed by atoms with van der Waals surface area (Å²) in [4.78, 5) is 11.8. The molecule has 5 nitrogen and oxygen atoms in total. The lowest BCUT2D eigenvalue weighted by atomic mass is 10.2. The van der Waals surface area contributed by atoms with Gasteiger partial charge in [-0.1, -0.05) is 30.4 Å². The first-order valence-corrected chi connectivity index (χ1v) is 6.54. The molecule has 0 spiro atoms. The summed E-state index contributed by atoms with van der Waals surface area (Å²) in [6.45, 7) is 4.21. The van der Waals surface area contributed by atoms with Gasteiger partial charge in [0, 0.05) is 5.56 Å². The van der Waals surface area contributed by atoms with Gasteiger partial charge in [0.2, 0.25) is 5.28 Å². The van der Waals surface area contributed by atoms with Gasteiger partial charge in [0.25, 0.3) is 0 Å². The van der Waals surface area contributed by atoms with Crippen molar-refractivity contribution < 1.29 is 9.47 Å². The molecular weight excluding hydrogens is 278 g/mol. The first-order valence-electron chi connectivity index (χ1n) is 6.17. The van der Waals surface area contributed by atoms with Gasteiger partial charge in [0.1, 0.15) is 5.75 Å². The molecular formula is C14H14ClN3O2. The molecule has 1 aromatic carbocycles. The van der Waals surface area contributed by atoms with Crippen LogP contribution >= 0.6 is 11.6 Å². The van der Waals surface area contributed by atoms with Crippen molar-refractivity contribution in [1.29, 1.82) is 0 Å². The quantitative estimate of drug-likeness (QED) is 0.839. The summed E-state index contributed by atoms with van der Waals surface area (Å²) in [6.07, 6.45) is 3.86. The molecule has 0 aliphatic heterocycles. The van der Waals surface area contributed by atoms with E-state index in [1.807, 2.05) is 50.3 Å². The van der Waals surface area contributed by atoms with Crippen molar-refractivity contribution in [1.82, 2.24) is 15.0 Å². The minimum absolute atomic E-state index is 0.0296. The summed E-state index contributed by atoms with van der Waals surface area (Å²) in [6, 6.07) is 7.80. The molecule has 0 aliphatic carbocycles. The number of halogens is 1. The Labute approximate surface area is 122 Å². The zero-order valence-corrected chi connectivity index (χ0v) is 12.0. The molecule has 0 saturated heterocycles. The Bertz CT molecular complexity index is 617. The number of hydrogen-bond acceptors (Lipinski definition) is 5. The Morgan fingerprint density at radius 1 is 1.15 bits per heavy atom. The summed E-state index contributed by atoms with van der Waals surface area (Å²) >= 11 is 5.82. The maximum Gasteiger partial charge on any atom is 0.329 e. The minimum atomic E-state index is 0.0296. The average molecular weight is 292 g/mol. The molecule has 2 aromatic rings. The molecule has 0 saturated carbocycles. The minimum Gasteiger partial charge on any atom is -0.464 e. The topological polar surface area (TPSA) is 57.1 Å². The summed E-state index contributed by atoms with van der Waals surface area (Å²) < 4.78 is 10.9. The van der Waals surface area contributed by atoms with Gasteiger partial charge in [-0.25, -0.2) is 0 Å². The summed E-state index contributed by atoms with van der Waals surface area (Å²) in [5.74, 6) is 0.635. The van der Waals surface area contributed by atoms with Gasteiger partial charge in [0.05, 0.1) is 6.61 Å². The van der Waals surface area contributed by atoms with Crippen LogP contribution < -0.4 is 9.47 Å². The van der Waals surface area contributed by atoms with Crippen LogP contribution in [0.3, 0.4) is 0 Å². The average Bonchev–Trinajstić information content (AvgIpc) is 2.41. The van der Waals surface area contributed by atoms with E-state index in [0.29, 0.717) is 12.4 Å². The zero-order chi connectivity index (χ0) is 14.4. The highest BCUT2D eigenvalue weighted by Crippen LogP contribution is 2.25. The third-order valence-corrected chi connectivity index (χ3v) is 2.48. The summed E-state index contributed by atoms with van der Waals surface area (Å²) in [5.41, 5.74) is 0.921. The van der Waals surface area contributed by atoms with Gasteiger partial charge < -0.3 is 9.47 Å². The van der Waals surface area contributed by atoms with Gasteiger partial charge in [0.15, 0.2) is 0 Å². The van der Waals surface area contributed by atoms with Gasteiger partial charge >= 0.3 is 12.0 Å². The van der Waals surface area contributed by atoms with Crippen LogP contribution in [-0.4, -0.2) is 21.6 Å². The second-order valence-corrected chi connectivity index (χ2v) is 4.08. The fourth-order valence-electron chi connectivity index (χ4n) is 1.54. The standard InChI is InChI=1S/C14H14ClN3O2/c1-3-7-10-8-5-6-9-11(10)20-14-17-12(15)16-13(18-14)19-4-2/h3,5-9H,4H2,1-2H3.